The maximum Gasteiger partial charge on any atom is 0.265 e. The van der Waals surface area contributed by atoms with E-state index in [1.165, 1.54) is 0 Å². The SMILES string of the molecule is Oc1c(Br)ncc(C(F)F)c1CBr. The second-order valence-electron chi connectivity index (χ2n) is 2.27. The predicted molar refractivity (Wildman–Crippen MR) is 51.2 cm³/mol. The van der Waals surface area contributed by atoms with Crippen molar-refractivity contribution in [2.75, 3.05) is 0 Å². The van der Waals surface area contributed by atoms with E-state index in [1.807, 2.05) is 0 Å². The summed E-state index contributed by atoms with van der Waals surface area (Å²) < 4.78 is 24.9. The number of nitrogens with zero attached hydrogens (tertiary/aromatic N) is 1. The minimum Gasteiger partial charge on any atom is -0.505 e. The number of rotatable bonds is 2. The molecule has 0 aliphatic heterocycles. The summed E-state index contributed by atoms with van der Waals surface area (Å²) in [5.41, 5.74) is -0.0885. The molecule has 0 spiro atoms. The molecule has 6 heteroatoms. The van der Waals surface area contributed by atoms with Gasteiger partial charge in [0, 0.05) is 22.7 Å². The van der Waals surface area contributed by atoms with Gasteiger partial charge in [0.1, 0.15) is 4.60 Å². The van der Waals surface area contributed by atoms with Crippen molar-refractivity contribution in [3.8, 4) is 5.75 Å². The zero-order valence-corrected chi connectivity index (χ0v) is 9.44. The quantitative estimate of drug-likeness (QED) is 0.670. The molecular formula is C7H5Br2F2NO. The Labute approximate surface area is 90.2 Å². The van der Waals surface area contributed by atoms with E-state index in [1.54, 1.807) is 0 Å². The summed E-state index contributed by atoms with van der Waals surface area (Å²) >= 11 is 5.96. The molecule has 0 unspecified atom stereocenters. The maximum absolute atomic E-state index is 12.3. The van der Waals surface area contributed by atoms with E-state index >= 15 is 0 Å². The minimum atomic E-state index is -2.63. The number of aromatic hydroxyl groups is 1. The fraction of sp³-hybridized carbons (Fsp3) is 0.286. The zero-order valence-electron chi connectivity index (χ0n) is 6.27. The second-order valence-corrected chi connectivity index (χ2v) is 3.58. The van der Waals surface area contributed by atoms with Crippen molar-refractivity contribution in [3.05, 3.63) is 21.9 Å². The molecule has 0 bridgehead atoms. The van der Waals surface area contributed by atoms with E-state index in [-0.39, 0.29) is 26.8 Å². The monoisotopic (exact) mass is 315 g/mol. The van der Waals surface area contributed by atoms with Gasteiger partial charge in [0.25, 0.3) is 6.43 Å². The van der Waals surface area contributed by atoms with E-state index in [0.717, 1.165) is 6.20 Å². The molecule has 72 valence electrons. The van der Waals surface area contributed by atoms with Gasteiger partial charge in [-0.2, -0.15) is 0 Å². The molecule has 0 aromatic carbocycles. The third-order valence-electron chi connectivity index (χ3n) is 1.52. The molecule has 1 aromatic rings. The van der Waals surface area contributed by atoms with Crippen LogP contribution in [0.4, 0.5) is 8.78 Å². The van der Waals surface area contributed by atoms with Gasteiger partial charge < -0.3 is 5.11 Å². The maximum atomic E-state index is 12.3. The highest BCUT2D eigenvalue weighted by Crippen LogP contribution is 2.34. The fourth-order valence-corrected chi connectivity index (χ4v) is 1.79. The summed E-state index contributed by atoms with van der Waals surface area (Å²) in [6.45, 7) is 0. The summed E-state index contributed by atoms with van der Waals surface area (Å²) in [4.78, 5) is 3.57. The summed E-state index contributed by atoms with van der Waals surface area (Å²) in [6, 6.07) is 0. The Morgan fingerprint density at radius 1 is 1.54 bits per heavy atom. The molecule has 13 heavy (non-hydrogen) atoms. The molecule has 0 saturated carbocycles. The predicted octanol–water partition coefficient (Wildman–Crippen LogP) is 3.38. The molecule has 0 saturated heterocycles. The molecule has 0 amide bonds. The van der Waals surface area contributed by atoms with Crippen molar-refractivity contribution in [1.29, 1.82) is 0 Å². The number of hydrogen-bond donors (Lipinski definition) is 1. The molecule has 1 N–H and O–H groups in total. The molecule has 1 heterocycles. The van der Waals surface area contributed by atoms with Crippen molar-refractivity contribution in [2.24, 2.45) is 0 Å². The Balaban J connectivity index is 3.30. The highest BCUT2D eigenvalue weighted by molar-refractivity contribution is 9.10. The summed E-state index contributed by atoms with van der Waals surface area (Å²) in [7, 11) is 0. The molecule has 1 aromatic heterocycles. The van der Waals surface area contributed by atoms with Gasteiger partial charge in [-0.3, -0.25) is 0 Å². The lowest BCUT2D eigenvalue weighted by Crippen LogP contribution is -1.95. The summed E-state index contributed by atoms with van der Waals surface area (Å²) in [6.07, 6.45) is -1.58. The van der Waals surface area contributed by atoms with Gasteiger partial charge in [-0.25, -0.2) is 13.8 Å². The van der Waals surface area contributed by atoms with Crippen molar-refractivity contribution in [3.63, 3.8) is 0 Å². The van der Waals surface area contributed by atoms with Crippen LogP contribution in [0.2, 0.25) is 0 Å². The van der Waals surface area contributed by atoms with E-state index in [9.17, 15) is 13.9 Å². The van der Waals surface area contributed by atoms with Gasteiger partial charge in [-0.05, 0) is 15.9 Å². The highest BCUT2D eigenvalue weighted by Gasteiger charge is 2.17. The van der Waals surface area contributed by atoms with Crippen LogP contribution < -0.4 is 0 Å². The average Bonchev–Trinajstić information content (AvgIpc) is 2.09. The number of alkyl halides is 3. The van der Waals surface area contributed by atoms with E-state index in [0.29, 0.717) is 0 Å². The molecule has 0 radical (unpaired) electrons. The number of halogens is 4. The van der Waals surface area contributed by atoms with Gasteiger partial charge in [0.15, 0.2) is 5.75 Å². The van der Waals surface area contributed by atoms with Crippen LogP contribution in [0, 0.1) is 0 Å². The fourth-order valence-electron chi connectivity index (χ4n) is 0.855. The van der Waals surface area contributed by atoms with Crippen LogP contribution in [0.3, 0.4) is 0 Å². The zero-order chi connectivity index (χ0) is 10.0. The second kappa shape index (κ2) is 4.32. The Morgan fingerprint density at radius 2 is 2.15 bits per heavy atom. The van der Waals surface area contributed by atoms with Gasteiger partial charge in [0.2, 0.25) is 0 Å². The van der Waals surface area contributed by atoms with Crippen LogP contribution in [-0.4, -0.2) is 10.1 Å². The smallest absolute Gasteiger partial charge is 0.265 e. The Morgan fingerprint density at radius 3 is 2.62 bits per heavy atom. The first-order valence-corrected chi connectivity index (χ1v) is 5.19. The van der Waals surface area contributed by atoms with Gasteiger partial charge >= 0.3 is 0 Å². The van der Waals surface area contributed by atoms with Crippen LogP contribution in [0.5, 0.6) is 5.75 Å². The molecular weight excluding hydrogens is 312 g/mol. The van der Waals surface area contributed by atoms with Crippen LogP contribution in [0.25, 0.3) is 0 Å². The normalized spacial score (nSPS) is 10.8. The van der Waals surface area contributed by atoms with E-state index in [2.05, 4.69) is 36.8 Å². The number of pyridine rings is 1. The Hall–Kier alpha value is -0.230. The number of hydrogen-bond acceptors (Lipinski definition) is 2. The van der Waals surface area contributed by atoms with Crippen LogP contribution >= 0.6 is 31.9 Å². The lowest BCUT2D eigenvalue weighted by Gasteiger charge is -2.08. The molecule has 0 aliphatic rings. The third-order valence-corrected chi connectivity index (χ3v) is 2.66. The largest absolute Gasteiger partial charge is 0.505 e. The Bertz CT molecular complexity index is 320. The lowest BCUT2D eigenvalue weighted by molar-refractivity contribution is 0.149. The van der Waals surface area contributed by atoms with Gasteiger partial charge in [-0.15, -0.1) is 0 Å². The molecule has 0 aliphatic carbocycles. The lowest BCUT2D eigenvalue weighted by atomic mass is 10.1. The van der Waals surface area contributed by atoms with Gasteiger partial charge in [0.05, 0.1) is 0 Å². The van der Waals surface area contributed by atoms with Gasteiger partial charge in [-0.1, -0.05) is 15.9 Å². The standard InChI is InChI=1S/C7H5Br2F2NO/c8-1-3-4(7(10)11)2-12-6(9)5(3)13/h2,7,13H,1H2. The summed E-state index contributed by atoms with van der Waals surface area (Å²) in [5.74, 6) is -0.241. The highest BCUT2D eigenvalue weighted by atomic mass is 79.9. The topological polar surface area (TPSA) is 33.1 Å². The van der Waals surface area contributed by atoms with Crippen LogP contribution in [-0.2, 0) is 5.33 Å². The van der Waals surface area contributed by atoms with Crippen LogP contribution in [0.1, 0.15) is 17.6 Å². The van der Waals surface area contributed by atoms with E-state index < -0.39 is 6.43 Å². The molecule has 0 fully saturated rings. The first-order valence-electron chi connectivity index (χ1n) is 3.28. The van der Waals surface area contributed by atoms with Crippen molar-refractivity contribution in [1.82, 2.24) is 4.98 Å². The first kappa shape index (κ1) is 10.8. The molecule has 1 rings (SSSR count). The van der Waals surface area contributed by atoms with Crippen LogP contribution in [0.15, 0.2) is 10.8 Å². The van der Waals surface area contributed by atoms with Crippen molar-refractivity contribution in [2.45, 2.75) is 11.8 Å². The van der Waals surface area contributed by atoms with Crippen molar-refractivity contribution < 1.29 is 13.9 Å². The molecule has 0 atom stereocenters. The van der Waals surface area contributed by atoms with Crippen molar-refractivity contribution >= 4 is 31.9 Å². The third kappa shape index (κ3) is 2.17. The minimum absolute atomic E-state index is 0.164. The first-order chi connectivity index (χ1) is 6.07. The van der Waals surface area contributed by atoms with E-state index in [4.69, 9.17) is 0 Å². The Kier molecular flexibility index (Phi) is 3.61. The molecule has 2 nitrogen and oxygen atoms in total. The average molecular weight is 317 g/mol. The number of aromatic nitrogens is 1. The summed E-state index contributed by atoms with van der Waals surface area (Å²) in [5, 5.41) is 9.52.